The minimum Gasteiger partial charge on any atom is -0.427 e. The number of unbranched alkanes of at least 4 members (excludes halogenated alkanes) is 1. The summed E-state index contributed by atoms with van der Waals surface area (Å²) in [4.78, 5) is 0. The van der Waals surface area contributed by atoms with Crippen molar-refractivity contribution < 1.29 is 10.0 Å². The van der Waals surface area contributed by atoms with E-state index in [1.165, 1.54) is 0 Å². The zero-order chi connectivity index (χ0) is 7.70. The van der Waals surface area contributed by atoms with Gasteiger partial charge in [0.05, 0.1) is 0 Å². The van der Waals surface area contributed by atoms with Gasteiger partial charge in [-0.1, -0.05) is 33.6 Å². The molecule has 0 heterocycles. The summed E-state index contributed by atoms with van der Waals surface area (Å²) in [6.07, 6.45) is 2.44. The molecule has 0 aromatic carbocycles. The van der Waals surface area contributed by atoms with E-state index in [9.17, 15) is 0 Å². The van der Waals surface area contributed by atoms with Gasteiger partial charge in [-0.25, -0.2) is 0 Å². The van der Waals surface area contributed by atoms with Crippen molar-refractivity contribution in [1.29, 1.82) is 0 Å². The quantitative estimate of drug-likeness (QED) is 0.568. The SMILES string of the molecule is CC.CCCCB(O)O. The maximum absolute atomic E-state index is 8.24. The molecule has 3 heteroatoms. The molecule has 0 aliphatic heterocycles. The lowest BCUT2D eigenvalue weighted by Crippen LogP contribution is -2.08. The molecule has 9 heavy (non-hydrogen) atoms. The zero-order valence-corrected chi connectivity index (χ0v) is 6.59. The Balaban J connectivity index is 0. The average Bonchev–Trinajstić information content (AvgIpc) is 1.88. The molecule has 0 aliphatic rings. The molecule has 0 fully saturated rings. The third kappa shape index (κ3) is 18.0. The molecule has 0 saturated heterocycles. The summed E-state index contributed by atoms with van der Waals surface area (Å²) in [5.41, 5.74) is 0. The fraction of sp³-hybridized carbons (Fsp3) is 1.00. The van der Waals surface area contributed by atoms with E-state index >= 15 is 0 Å². The minimum atomic E-state index is -1.10. The van der Waals surface area contributed by atoms with Gasteiger partial charge in [0, 0.05) is 0 Å². The maximum Gasteiger partial charge on any atom is 0.451 e. The Kier molecular flexibility index (Phi) is 14.2. The highest BCUT2D eigenvalue weighted by atomic mass is 16.4. The van der Waals surface area contributed by atoms with Crippen LogP contribution in [0, 0.1) is 0 Å². The van der Waals surface area contributed by atoms with Crippen molar-refractivity contribution in [1.82, 2.24) is 0 Å². The van der Waals surface area contributed by atoms with Crippen LogP contribution in [-0.4, -0.2) is 17.2 Å². The Morgan fingerprint density at radius 3 is 1.78 bits per heavy atom. The standard InChI is InChI=1S/C4H11BO2.C2H6/c1-2-3-4-5(6)7;1-2/h6-7H,2-4H2,1H3;1-2H3. The van der Waals surface area contributed by atoms with Gasteiger partial charge in [0.1, 0.15) is 0 Å². The Bertz CT molecular complexity index is 40.0. The molecule has 0 spiro atoms. The summed E-state index contributed by atoms with van der Waals surface area (Å²) < 4.78 is 0. The van der Waals surface area contributed by atoms with Gasteiger partial charge >= 0.3 is 7.12 Å². The summed E-state index contributed by atoms with van der Waals surface area (Å²) in [6, 6.07) is 0. The second kappa shape index (κ2) is 10.9. The Hall–Kier alpha value is -0.0151. The van der Waals surface area contributed by atoms with Gasteiger partial charge < -0.3 is 10.0 Å². The first-order valence-corrected chi connectivity index (χ1v) is 3.63. The molecule has 0 rings (SSSR count). The second-order valence-corrected chi connectivity index (χ2v) is 1.62. The first kappa shape index (κ1) is 11.7. The molecule has 2 nitrogen and oxygen atoms in total. The topological polar surface area (TPSA) is 40.5 Å². The van der Waals surface area contributed by atoms with Crippen molar-refractivity contribution in [2.45, 2.75) is 39.9 Å². The van der Waals surface area contributed by atoms with Gasteiger partial charge in [0.25, 0.3) is 0 Å². The van der Waals surface area contributed by atoms with Crippen LogP contribution in [-0.2, 0) is 0 Å². The monoisotopic (exact) mass is 132 g/mol. The molecule has 0 aromatic heterocycles. The molecule has 0 amide bonds. The van der Waals surface area contributed by atoms with E-state index in [1.807, 2.05) is 20.8 Å². The van der Waals surface area contributed by atoms with Gasteiger partial charge in [0.15, 0.2) is 0 Å². The van der Waals surface area contributed by atoms with Crippen LogP contribution < -0.4 is 0 Å². The second-order valence-electron chi connectivity index (χ2n) is 1.62. The van der Waals surface area contributed by atoms with Gasteiger partial charge in [-0.2, -0.15) is 0 Å². The molecular weight excluding hydrogens is 115 g/mol. The fourth-order valence-electron chi connectivity index (χ4n) is 0.387. The third-order valence-electron chi connectivity index (χ3n) is 0.816. The van der Waals surface area contributed by atoms with Gasteiger partial charge in [-0.15, -0.1) is 0 Å². The van der Waals surface area contributed by atoms with Crippen LogP contribution in [0.2, 0.25) is 6.32 Å². The molecule has 0 aliphatic carbocycles. The van der Waals surface area contributed by atoms with E-state index in [0.717, 1.165) is 12.8 Å². The third-order valence-corrected chi connectivity index (χ3v) is 0.816. The van der Waals surface area contributed by atoms with Crippen LogP contribution in [0.15, 0.2) is 0 Å². The highest BCUT2D eigenvalue weighted by molar-refractivity contribution is 6.40. The van der Waals surface area contributed by atoms with E-state index in [-0.39, 0.29) is 0 Å². The first-order chi connectivity index (χ1) is 4.27. The lowest BCUT2D eigenvalue weighted by molar-refractivity contribution is 0.403. The number of hydrogen-bond acceptors (Lipinski definition) is 2. The van der Waals surface area contributed by atoms with E-state index in [0.29, 0.717) is 6.32 Å². The highest BCUT2D eigenvalue weighted by Crippen LogP contribution is 1.94. The summed E-state index contributed by atoms with van der Waals surface area (Å²) in [6.45, 7) is 6.02. The predicted molar refractivity (Wildman–Crippen MR) is 41.3 cm³/mol. The molecule has 0 saturated carbocycles. The van der Waals surface area contributed by atoms with Crippen LogP contribution in [0.1, 0.15) is 33.6 Å². The normalized spacial score (nSPS) is 7.67. The predicted octanol–water partition coefficient (Wildman–Crippen LogP) is 1.29. The van der Waals surface area contributed by atoms with E-state index in [2.05, 4.69) is 0 Å². The van der Waals surface area contributed by atoms with Crippen LogP contribution in [0.4, 0.5) is 0 Å². The highest BCUT2D eigenvalue weighted by Gasteiger charge is 2.02. The lowest BCUT2D eigenvalue weighted by Gasteiger charge is -1.91. The van der Waals surface area contributed by atoms with E-state index in [1.54, 1.807) is 0 Å². The molecule has 0 atom stereocenters. The molecule has 0 unspecified atom stereocenters. The summed E-state index contributed by atoms with van der Waals surface area (Å²) >= 11 is 0. The van der Waals surface area contributed by atoms with Crippen LogP contribution in [0.3, 0.4) is 0 Å². The summed E-state index contributed by atoms with van der Waals surface area (Å²) in [5.74, 6) is 0. The lowest BCUT2D eigenvalue weighted by atomic mass is 9.84. The number of hydrogen-bond donors (Lipinski definition) is 2. The Labute approximate surface area is 58.1 Å². The zero-order valence-electron chi connectivity index (χ0n) is 6.59. The first-order valence-electron chi connectivity index (χ1n) is 3.63. The number of rotatable bonds is 3. The van der Waals surface area contributed by atoms with Crippen molar-refractivity contribution in [3.63, 3.8) is 0 Å². The maximum atomic E-state index is 8.24. The Morgan fingerprint density at radius 2 is 1.67 bits per heavy atom. The smallest absolute Gasteiger partial charge is 0.427 e. The summed E-state index contributed by atoms with van der Waals surface area (Å²) in [5, 5.41) is 16.5. The van der Waals surface area contributed by atoms with Crippen molar-refractivity contribution in [2.24, 2.45) is 0 Å². The fourth-order valence-corrected chi connectivity index (χ4v) is 0.387. The molecule has 0 radical (unpaired) electrons. The molecule has 0 bridgehead atoms. The Morgan fingerprint density at radius 1 is 1.22 bits per heavy atom. The molecular formula is C6H17BO2. The van der Waals surface area contributed by atoms with E-state index < -0.39 is 7.12 Å². The summed E-state index contributed by atoms with van der Waals surface area (Å²) in [7, 11) is -1.10. The van der Waals surface area contributed by atoms with Crippen molar-refractivity contribution in [2.75, 3.05) is 0 Å². The largest absolute Gasteiger partial charge is 0.451 e. The molecule has 0 aromatic rings. The average molecular weight is 132 g/mol. The van der Waals surface area contributed by atoms with E-state index in [4.69, 9.17) is 10.0 Å². The van der Waals surface area contributed by atoms with Crippen LogP contribution in [0.25, 0.3) is 0 Å². The molecule has 2 N–H and O–H groups in total. The van der Waals surface area contributed by atoms with Crippen LogP contribution >= 0.6 is 0 Å². The van der Waals surface area contributed by atoms with Crippen LogP contribution in [0.5, 0.6) is 0 Å². The van der Waals surface area contributed by atoms with Gasteiger partial charge in [-0.05, 0) is 6.32 Å². The molecule has 56 valence electrons. The minimum absolute atomic E-state index is 0.510. The van der Waals surface area contributed by atoms with Crippen molar-refractivity contribution in [3.05, 3.63) is 0 Å². The van der Waals surface area contributed by atoms with Gasteiger partial charge in [0.2, 0.25) is 0 Å². The van der Waals surface area contributed by atoms with Gasteiger partial charge in [-0.3, -0.25) is 0 Å². The van der Waals surface area contributed by atoms with Crippen molar-refractivity contribution >= 4 is 7.12 Å². The van der Waals surface area contributed by atoms with Crippen molar-refractivity contribution in [3.8, 4) is 0 Å².